The van der Waals surface area contributed by atoms with E-state index in [2.05, 4.69) is 4.85 Å². The Morgan fingerprint density at radius 2 is 0.442 bits per heavy atom. The molecule has 15 nitrogen and oxygen atoms in total. The highest BCUT2D eigenvalue weighted by Gasteiger charge is 2.39. The largest absolute Gasteiger partial charge is 0.416 e. The monoisotopic (exact) mass is 1570 g/mol. The van der Waals surface area contributed by atoms with E-state index in [0.29, 0.717) is 142 Å². The van der Waals surface area contributed by atoms with E-state index in [-0.39, 0.29) is 28.7 Å². The summed E-state index contributed by atoms with van der Waals surface area (Å²) in [7, 11) is 0. The van der Waals surface area contributed by atoms with E-state index < -0.39 is 29.0 Å². The van der Waals surface area contributed by atoms with Crippen LogP contribution in [0.3, 0.4) is 0 Å². The molecular formula is C99H57F6N15. The Kier molecular flexibility index (Phi) is 18.1. The van der Waals surface area contributed by atoms with Crippen LogP contribution in [0.5, 0.6) is 0 Å². The van der Waals surface area contributed by atoms with Crippen molar-refractivity contribution < 1.29 is 26.3 Å². The number of benzene rings is 14. The summed E-state index contributed by atoms with van der Waals surface area (Å²) in [5, 5.41) is 2.41. The van der Waals surface area contributed by atoms with Crippen molar-refractivity contribution in [3.05, 3.63) is 368 Å². The van der Waals surface area contributed by atoms with E-state index in [0.717, 1.165) is 50.6 Å². The molecule has 21 heteroatoms. The van der Waals surface area contributed by atoms with E-state index in [1.807, 2.05) is 325 Å². The summed E-state index contributed by atoms with van der Waals surface area (Å²) in [6, 6.07) is 104. The molecule has 0 aliphatic rings. The highest BCUT2D eigenvalue weighted by Crippen LogP contribution is 2.49. The second-order valence-corrected chi connectivity index (χ2v) is 28.5. The van der Waals surface area contributed by atoms with Gasteiger partial charge in [-0.15, -0.1) is 0 Å². The Balaban J connectivity index is 0.894. The molecule has 0 N–H and O–H groups in total. The molecule has 0 bridgehead atoms. The van der Waals surface area contributed by atoms with Crippen molar-refractivity contribution in [2.75, 3.05) is 0 Å². The minimum Gasteiger partial charge on any atom is -0.308 e. The van der Waals surface area contributed by atoms with Gasteiger partial charge in [-0.05, 0) is 108 Å². The number of halogens is 6. The van der Waals surface area contributed by atoms with Gasteiger partial charge in [-0.3, -0.25) is 0 Å². The Hall–Kier alpha value is -16.2. The lowest BCUT2D eigenvalue weighted by Crippen LogP contribution is -2.12. The number of fused-ring (bicyclic) bond motifs is 6. The fourth-order valence-corrected chi connectivity index (χ4v) is 15.3. The van der Waals surface area contributed by atoms with Crippen molar-refractivity contribution in [2.45, 2.75) is 12.4 Å². The zero-order valence-electron chi connectivity index (χ0n) is 62.9. The van der Waals surface area contributed by atoms with E-state index in [1.165, 1.54) is 12.1 Å². The molecule has 0 aliphatic heterocycles. The molecule has 570 valence electrons. The fourth-order valence-electron chi connectivity index (χ4n) is 15.3. The summed E-state index contributed by atoms with van der Waals surface area (Å²) < 4.78 is 96.6. The summed E-state index contributed by atoms with van der Waals surface area (Å²) in [4.78, 5) is 65.4. The lowest BCUT2D eigenvalue weighted by Gasteiger charge is -2.22. The summed E-state index contributed by atoms with van der Waals surface area (Å²) in [5.41, 5.74) is 6.23. The van der Waals surface area contributed by atoms with Crippen LogP contribution >= 0.6 is 0 Å². The summed E-state index contributed by atoms with van der Waals surface area (Å²) in [6.45, 7) is 9.09. The molecule has 0 amide bonds. The first kappa shape index (κ1) is 72.7. The van der Waals surface area contributed by atoms with Gasteiger partial charge in [0.05, 0.1) is 51.1 Å². The number of hydrogen-bond acceptors (Lipinski definition) is 12. The van der Waals surface area contributed by atoms with Gasteiger partial charge in [-0.25, -0.2) is 64.7 Å². The van der Waals surface area contributed by atoms with Gasteiger partial charge in [0.15, 0.2) is 75.6 Å². The first-order valence-electron chi connectivity index (χ1n) is 38.2. The van der Waals surface area contributed by atoms with E-state index in [9.17, 15) is 13.2 Å². The van der Waals surface area contributed by atoms with Gasteiger partial charge in [0.1, 0.15) is 0 Å². The maximum atomic E-state index is 16.1. The van der Waals surface area contributed by atoms with Crippen LogP contribution in [-0.4, -0.2) is 68.9 Å². The molecule has 20 rings (SSSR count). The van der Waals surface area contributed by atoms with Crippen LogP contribution in [0, 0.1) is 6.57 Å². The summed E-state index contributed by atoms with van der Waals surface area (Å²) in [5.74, 6) is 4.52. The normalized spacial score (nSPS) is 11.7. The smallest absolute Gasteiger partial charge is 0.308 e. The molecule has 0 aliphatic carbocycles. The van der Waals surface area contributed by atoms with E-state index >= 15 is 13.2 Å². The van der Waals surface area contributed by atoms with Gasteiger partial charge in [0.2, 0.25) is 0 Å². The second-order valence-electron chi connectivity index (χ2n) is 28.5. The van der Waals surface area contributed by atoms with Gasteiger partial charge in [-0.2, -0.15) is 26.3 Å². The van der Waals surface area contributed by atoms with Gasteiger partial charge < -0.3 is 9.13 Å². The molecule has 14 aromatic carbocycles. The molecule has 0 atom stereocenters. The first-order valence-corrected chi connectivity index (χ1v) is 38.2. The third-order valence-electron chi connectivity index (χ3n) is 21.0. The fraction of sp³-hybridized carbons (Fsp3) is 0.0202. The minimum absolute atomic E-state index is 0.0969. The second kappa shape index (κ2) is 29.9. The molecule has 0 unspecified atom stereocenters. The van der Waals surface area contributed by atoms with Crippen LogP contribution in [-0.2, 0) is 12.4 Å². The third-order valence-corrected chi connectivity index (χ3v) is 21.0. The maximum Gasteiger partial charge on any atom is 0.416 e. The van der Waals surface area contributed by atoms with E-state index in [1.54, 1.807) is 0 Å². The highest BCUT2D eigenvalue weighted by molar-refractivity contribution is 6.14. The van der Waals surface area contributed by atoms with Crippen LogP contribution in [0.1, 0.15) is 11.1 Å². The lowest BCUT2D eigenvalue weighted by atomic mass is 9.94. The van der Waals surface area contributed by atoms with Crippen LogP contribution in [0.4, 0.5) is 32.0 Å². The first-order chi connectivity index (χ1) is 58.7. The zero-order valence-corrected chi connectivity index (χ0v) is 62.9. The topological polar surface area (TPSA) is 169 Å². The predicted molar refractivity (Wildman–Crippen MR) is 456 cm³/mol. The highest BCUT2D eigenvalue weighted by atomic mass is 19.4. The quantitative estimate of drug-likeness (QED) is 0.0704. The van der Waals surface area contributed by atoms with Crippen molar-refractivity contribution in [3.63, 3.8) is 0 Å². The average molecular weight is 1570 g/mol. The third kappa shape index (κ3) is 13.7. The van der Waals surface area contributed by atoms with Crippen molar-refractivity contribution in [3.8, 4) is 159 Å². The Labute approximate surface area is 680 Å². The molecule has 0 saturated heterocycles. The Bertz CT molecular complexity index is 6820. The molecular weight excluding hydrogens is 1510 g/mol. The van der Waals surface area contributed by atoms with E-state index in [4.69, 9.17) is 66.4 Å². The standard InChI is InChI=1S/C99H57F6N15/c1-106-79-58-85(120-82-50-44-69(96-115-90(63-34-18-6-19-35-63)109-91(116-96)64-36-20-7-21-37-64)54-76(82)77-55-70(45-51-83(77)120)97-117-92(65-38-22-8-23-39-65)110-93(118-97)66-40-24-9-25-41-66)84(57-73(79)72-47-46-71(98(100,101)102)56-78(72)99(103,104)105)119-80-48-42-67(94-111-86(59-26-10-2-11-27-59)107-87(112-94)60-28-12-3-13-29-60)52-74(80)75-53-68(43-49-81(75)119)95-113-88(61-30-14-4-15-31-61)108-89(114-95)62-32-16-5-17-33-62/h2-58H. The predicted octanol–water partition coefficient (Wildman–Crippen LogP) is 24.9. The minimum atomic E-state index is -5.37. The van der Waals surface area contributed by atoms with Crippen LogP contribution in [0.2, 0.25) is 0 Å². The van der Waals surface area contributed by atoms with Gasteiger partial charge in [0.25, 0.3) is 0 Å². The van der Waals surface area contributed by atoms with Crippen LogP contribution in [0.15, 0.2) is 346 Å². The number of nitrogens with zero attached hydrogens (tertiary/aromatic N) is 15. The Morgan fingerprint density at radius 3 is 0.658 bits per heavy atom. The summed E-state index contributed by atoms with van der Waals surface area (Å²) >= 11 is 0. The van der Waals surface area contributed by atoms with Crippen LogP contribution in [0.25, 0.3) is 208 Å². The molecule has 6 heterocycles. The number of hydrogen-bond donors (Lipinski definition) is 0. The molecule has 120 heavy (non-hydrogen) atoms. The molecule has 0 spiro atoms. The maximum absolute atomic E-state index is 16.1. The van der Waals surface area contributed by atoms with Gasteiger partial charge in [-0.1, -0.05) is 249 Å². The van der Waals surface area contributed by atoms with Crippen molar-refractivity contribution in [1.82, 2.24) is 68.9 Å². The Morgan fingerprint density at radius 1 is 0.217 bits per heavy atom. The molecule has 0 saturated carbocycles. The molecule has 20 aromatic rings. The SMILES string of the molecule is [C-]#[N+]c1cc(-n2c3ccc(-c4nc(-c5ccccc5)nc(-c5ccccc5)n4)cc3c3cc(-c4nc(-c5ccccc5)nc(-c5ccccc5)n4)ccc32)c(-n2c3ccc(-c4nc(-c5ccccc5)nc(-c5ccccc5)n4)cc3c3cc(-c4nc(-c5ccccc5)nc(-c5ccccc5)n4)ccc32)cc1-c1ccc(C(F)(F)F)cc1C(F)(F)F. The molecule has 6 aromatic heterocycles. The van der Waals surface area contributed by atoms with Gasteiger partial charge in [0, 0.05) is 88.3 Å². The average Bonchev–Trinajstić information content (AvgIpc) is 1.55. The number of alkyl halides is 6. The molecule has 0 radical (unpaired) electrons. The number of rotatable bonds is 15. The number of aromatic nitrogens is 14. The summed E-state index contributed by atoms with van der Waals surface area (Å²) in [6.07, 6.45) is -10.5. The zero-order chi connectivity index (χ0) is 81.2. The van der Waals surface area contributed by atoms with Gasteiger partial charge >= 0.3 is 12.4 Å². The van der Waals surface area contributed by atoms with Crippen molar-refractivity contribution >= 4 is 49.3 Å². The molecule has 0 fully saturated rings. The van der Waals surface area contributed by atoms with Crippen molar-refractivity contribution in [2.24, 2.45) is 0 Å². The van der Waals surface area contributed by atoms with Crippen LogP contribution < -0.4 is 0 Å². The van der Waals surface area contributed by atoms with Crippen molar-refractivity contribution in [1.29, 1.82) is 0 Å². The lowest BCUT2D eigenvalue weighted by molar-refractivity contribution is -0.142.